The van der Waals surface area contributed by atoms with Gasteiger partial charge in [0, 0.05) is 18.6 Å². The van der Waals surface area contributed by atoms with Gasteiger partial charge in [0.25, 0.3) is 11.6 Å². The lowest BCUT2D eigenvalue weighted by atomic mass is 10.0. The molecule has 2 unspecified atom stereocenters. The summed E-state index contributed by atoms with van der Waals surface area (Å²) in [5, 5.41) is 23.9. The number of benzene rings is 1. The number of carbonyl (C=O) groups excluding carboxylic acids is 3. The van der Waals surface area contributed by atoms with Crippen LogP contribution in [0, 0.1) is 10.1 Å². The van der Waals surface area contributed by atoms with Crippen LogP contribution in [-0.4, -0.2) is 52.0 Å². The molecule has 0 bridgehead atoms. The molecule has 2 N–H and O–H groups in total. The molecule has 244 valence electrons. The maximum atomic E-state index is 12.1. The SMILES string of the molecule is CCCCCCCCCCCCCCCCCC(=O)OCC(=O)OCC(NC(=O)C(Cl)Cl)C(O)c1ccc([N+](=O)[O-])cc1. The van der Waals surface area contributed by atoms with Crippen molar-refractivity contribution in [3.8, 4) is 0 Å². The normalized spacial score (nSPS) is 12.5. The van der Waals surface area contributed by atoms with Crippen molar-refractivity contribution in [2.45, 2.75) is 127 Å². The highest BCUT2D eigenvalue weighted by atomic mass is 35.5. The number of alkyl halides is 2. The van der Waals surface area contributed by atoms with E-state index in [4.69, 9.17) is 32.7 Å². The first kappa shape index (κ1) is 38.6. The Balaban J connectivity index is 2.23. The Morgan fingerprint density at radius 3 is 1.77 bits per heavy atom. The van der Waals surface area contributed by atoms with Crippen LogP contribution < -0.4 is 5.32 Å². The maximum Gasteiger partial charge on any atom is 0.344 e. The molecule has 2 atom stereocenters. The Kier molecular flexibility index (Phi) is 21.5. The smallest absolute Gasteiger partial charge is 0.344 e. The van der Waals surface area contributed by atoms with Gasteiger partial charge in [0.15, 0.2) is 11.4 Å². The second-order valence-electron chi connectivity index (χ2n) is 10.8. The highest BCUT2D eigenvalue weighted by Crippen LogP contribution is 2.21. The van der Waals surface area contributed by atoms with Crippen molar-refractivity contribution in [1.82, 2.24) is 5.32 Å². The number of aliphatic hydroxyl groups excluding tert-OH is 1. The average molecular weight is 648 g/mol. The van der Waals surface area contributed by atoms with Crippen LogP contribution in [0.15, 0.2) is 24.3 Å². The second kappa shape index (κ2) is 24.0. The Labute approximate surface area is 265 Å². The molecule has 0 fully saturated rings. The first-order valence-electron chi connectivity index (χ1n) is 15.5. The number of ether oxygens (including phenoxy) is 2. The van der Waals surface area contributed by atoms with Gasteiger partial charge in [0.2, 0.25) is 0 Å². The number of rotatable bonds is 25. The molecule has 0 spiro atoms. The van der Waals surface area contributed by atoms with Crippen molar-refractivity contribution in [1.29, 1.82) is 0 Å². The summed E-state index contributed by atoms with van der Waals surface area (Å²) in [6.07, 6.45) is 17.1. The zero-order valence-corrected chi connectivity index (χ0v) is 26.8. The molecule has 0 aliphatic heterocycles. The molecule has 0 saturated heterocycles. The minimum absolute atomic E-state index is 0.185. The number of nitrogens with zero attached hydrogens (tertiary/aromatic N) is 1. The van der Waals surface area contributed by atoms with E-state index in [1.165, 1.54) is 94.9 Å². The molecule has 10 nitrogen and oxygen atoms in total. The predicted molar refractivity (Wildman–Crippen MR) is 167 cm³/mol. The number of unbranched alkanes of at least 4 members (excludes halogenated alkanes) is 14. The number of nitrogens with one attached hydrogen (secondary N) is 1. The topological polar surface area (TPSA) is 145 Å². The summed E-state index contributed by atoms with van der Waals surface area (Å²) in [5.74, 6) is -2.21. The zero-order chi connectivity index (χ0) is 31.9. The van der Waals surface area contributed by atoms with Crippen LogP contribution in [0.2, 0.25) is 0 Å². The van der Waals surface area contributed by atoms with Crippen LogP contribution in [-0.2, 0) is 23.9 Å². The molecule has 0 saturated carbocycles. The van der Waals surface area contributed by atoms with Crippen molar-refractivity contribution in [3.05, 3.63) is 39.9 Å². The molecule has 1 amide bonds. The number of esters is 2. The van der Waals surface area contributed by atoms with Gasteiger partial charge in [-0.2, -0.15) is 0 Å². The Morgan fingerprint density at radius 2 is 1.30 bits per heavy atom. The molecule has 0 aliphatic rings. The van der Waals surface area contributed by atoms with Crippen molar-refractivity contribution in [3.63, 3.8) is 0 Å². The lowest BCUT2D eigenvalue weighted by Gasteiger charge is -2.24. The van der Waals surface area contributed by atoms with Gasteiger partial charge >= 0.3 is 11.9 Å². The largest absolute Gasteiger partial charge is 0.461 e. The van der Waals surface area contributed by atoms with E-state index in [2.05, 4.69) is 12.2 Å². The summed E-state index contributed by atoms with van der Waals surface area (Å²) in [4.78, 5) is 45.0. The van der Waals surface area contributed by atoms with Crippen molar-refractivity contribution < 1.29 is 33.9 Å². The number of aliphatic hydroxyl groups is 1. The van der Waals surface area contributed by atoms with Crippen molar-refractivity contribution >= 4 is 46.7 Å². The average Bonchev–Trinajstić information content (AvgIpc) is 2.99. The molecule has 12 heteroatoms. The fourth-order valence-electron chi connectivity index (χ4n) is 4.56. The van der Waals surface area contributed by atoms with Gasteiger partial charge in [-0.25, -0.2) is 4.79 Å². The summed E-state index contributed by atoms with van der Waals surface area (Å²) in [6.45, 7) is 1.14. The zero-order valence-electron chi connectivity index (χ0n) is 25.3. The number of nitro groups is 1. The third-order valence-corrected chi connectivity index (χ3v) is 7.51. The van der Waals surface area contributed by atoms with Crippen LogP contribution >= 0.6 is 23.2 Å². The molecule has 0 heterocycles. The fourth-order valence-corrected chi connectivity index (χ4v) is 4.69. The summed E-state index contributed by atoms with van der Waals surface area (Å²) in [5.41, 5.74) is 0.0401. The number of amides is 1. The van der Waals surface area contributed by atoms with E-state index in [9.17, 15) is 29.6 Å². The highest BCUT2D eigenvalue weighted by molar-refractivity contribution is 6.53. The number of carbonyl (C=O) groups is 3. The van der Waals surface area contributed by atoms with Crippen molar-refractivity contribution in [2.75, 3.05) is 13.2 Å². The van der Waals surface area contributed by atoms with Crippen LogP contribution in [0.4, 0.5) is 5.69 Å². The van der Waals surface area contributed by atoms with Crippen LogP contribution in [0.25, 0.3) is 0 Å². The van der Waals surface area contributed by atoms with E-state index in [0.29, 0.717) is 6.42 Å². The van der Waals surface area contributed by atoms with Gasteiger partial charge in [0.1, 0.15) is 12.7 Å². The fraction of sp³-hybridized carbons (Fsp3) is 0.710. The maximum absolute atomic E-state index is 12.1. The number of nitro benzene ring substituents is 1. The van der Waals surface area contributed by atoms with Crippen LogP contribution in [0.5, 0.6) is 0 Å². The number of hydrogen-bond acceptors (Lipinski definition) is 8. The van der Waals surface area contributed by atoms with E-state index in [0.717, 1.165) is 19.3 Å². The van der Waals surface area contributed by atoms with E-state index < -0.39 is 53.0 Å². The van der Waals surface area contributed by atoms with Crippen molar-refractivity contribution in [2.24, 2.45) is 0 Å². The van der Waals surface area contributed by atoms with E-state index in [1.807, 2.05) is 0 Å². The Morgan fingerprint density at radius 1 is 0.814 bits per heavy atom. The van der Waals surface area contributed by atoms with Gasteiger partial charge in [-0.3, -0.25) is 19.7 Å². The lowest BCUT2D eigenvalue weighted by Crippen LogP contribution is -2.45. The van der Waals surface area contributed by atoms with Gasteiger partial charge < -0.3 is 19.9 Å². The van der Waals surface area contributed by atoms with Crippen LogP contribution in [0.3, 0.4) is 0 Å². The molecular formula is C31H48Cl2N2O8. The summed E-state index contributed by atoms with van der Waals surface area (Å²) >= 11 is 11.2. The third kappa shape index (κ3) is 18.8. The Hall–Kier alpha value is -2.43. The minimum atomic E-state index is -1.44. The standard InChI is InChI=1S/C31H48Cl2N2O8/c1-2-3-4-5-6-7-8-9-10-11-12-13-14-15-16-17-27(36)43-23-28(37)42-22-26(34-31(39)30(32)33)29(38)24-18-20-25(21-19-24)35(40)41/h18-21,26,29-30,38H,2-17,22-23H2,1H3,(H,34,39). The summed E-state index contributed by atoms with van der Waals surface area (Å²) in [7, 11) is 0. The lowest BCUT2D eigenvalue weighted by molar-refractivity contribution is -0.384. The van der Waals surface area contributed by atoms with E-state index >= 15 is 0 Å². The molecule has 1 aromatic rings. The quantitative estimate of drug-likeness (QED) is 0.0371. The van der Waals surface area contributed by atoms with Gasteiger partial charge in [-0.1, -0.05) is 120 Å². The number of hydrogen-bond donors (Lipinski definition) is 2. The highest BCUT2D eigenvalue weighted by Gasteiger charge is 2.27. The van der Waals surface area contributed by atoms with Crippen LogP contribution in [0.1, 0.15) is 121 Å². The molecule has 43 heavy (non-hydrogen) atoms. The van der Waals surface area contributed by atoms with Gasteiger partial charge in [-0.05, 0) is 24.1 Å². The van der Waals surface area contributed by atoms with Gasteiger partial charge in [-0.15, -0.1) is 0 Å². The summed E-state index contributed by atoms with van der Waals surface area (Å²) < 4.78 is 10.1. The molecule has 0 radical (unpaired) electrons. The third-order valence-electron chi connectivity index (χ3n) is 7.11. The number of non-ortho nitro benzene ring substituents is 1. The molecule has 0 aromatic heterocycles. The first-order valence-corrected chi connectivity index (χ1v) is 16.3. The molecule has 0 aliphatic carbocycles. The predicted octanol–water partition coefficient (Wildman–Crippen LogP) is 7.26. The van der Waals surface area contributed by atoms with E-state index in [1.54, 1.807) is 0 Å². The molecular weight excluding hydrogens is 599 g/mol. The Bertz CT molecular complexity index is 946. The monoisotopic (exact) mass is 646 g/mol. The molecule has 1 rings (SSSR count). The summed E-state index contributed by atoms with van der Waals surface area (Å²) in [6, 6.07) is 3.82. The first-order chi connectivity index (χ1) is 20.6. The number of halogens is 2. The van der Waals surface area contributed by atoms with Gasteiger partial charge in [0.05, 0.1) is 11.0 Å². The second-order valence-corrected chi connectivity index (χ2v) is 11.8. The molecule has 1 aromatic carbocycles. The minimum Gasteiger partial charge on any atom is -0.461 e. The van der Waals surface area contributed by atoms with E-state index in [-0.39, 0.29) is 17.7 Å².